The van der Waals surface area contributed by atoms with E-state index in [0.29, 0.717) is 25.8 Å². The lowest BCUT2D eigenvalue weighted by Gasteiger charge is -2.41. The van der Waals surface area contributed by atoms with Crippen LogP contribution < -0.4 is 0 Å². The molecule has 142 valence electrons. The van der Waals surface area contributed by atoms with Crippen LogP contribution in [0.5, 0.6) is 0 Å². The Kier molecular flexibility index (Phi) is 6.70. The fourth-order valence-corrected chi connectivity index (χ4v) is 4.51. The molecule has 0 bridgehead atoms. The van der Waals surface area contributed by atoms with Gasteiger partial charge in [-0.25, -0.2) is 0 Å². The summed E-state index contributed by atoms with van der Waals surface area (Å²) < 4.78 is 0. The maximum absolute atomic E-state index is 12.5. The standard InChI is InChI=1S/C22H32N2O2/c1-23(16-18-8-3-2-4-9-18)21(25)12-7-13-22(26)24-15-14-19-10-5-6-11-20(19)17-24/h2-4,8-9,19-20H,5-7,10-17H2,1H3. The maximum Gasteiger partial charge on any atom is 0.222 e. The molecule has 2 fully saturated rings. The van der Waals surface area contributed by atoms with Crippen LogP contribution >= 0.6 is 0 Å². The number of piperidine rings is 1. The normalized spacial score (nSPS) is 22.6. The van der Waals surface area contributed by atoms with Gasteiger partial charge in [0.15, 0.2) is 0 Å². The molecule has 4 nitrogen and oxygen atoms in total. The minimum absolute atomic E-state index is 0.118. The van der Waals surface area contributed by atoms with E-state index in [9.17, 15) is 9.59 Å². The van der Waals surface area contributed by atoms with Crippen molar-refractivity contribution in [3.05, 3.63) is 35.9 Å². The Labute approximate surface area is 157 Å². The van der Waals surface area contributed by atoms with Gasteiger partial charge in [0.2, 0.25) is 11.8 Å². The zero-order chi connectivity index (χ0) is 18.4. The van der Waals surface area contributed by atoms with Crippen molar-refractivity contribution in [1.82, 2.24) is 9.80 Å². The first-order valence-corrected chi connectivity index (χ1v) is 10.2. The zero-order valence-corrected chi connectivity index (χ0v) is 16.0. The average molecular weight is 357 g/mol. The van der Waals surface area contributed by atoms with Crippen LogP contribution in [0.1, 0.15) is 56.9 Å². The van der Waals surface area contributed by atoms with Gasteiger partial charge in [-0.15, -0.1) is 0 Å². The van der Waals surface area contributed by atoms with Gasteiger partial charge in [0, 0.05) is 39.5 Å². The highest BCUT2D eigenvalue weighted by atomic mass is 16.2. The predicted octanol–water partition coefficient (Wildman–Crippen LogP) is 3.85. The van der Waals surface area contributed by atoms with Gasteiger partial charge in [-0.2, -0.15) is 0 Å². The SMILES string of the molecule is CN(Cc1ccccc1)C(=O)CCCC(=O)N1CCC2CCCCC2C1. The van der Waals surface area contributed by atoms with Crippen LogP contribution in [0.3, 0.4) is 0 Å². The lowest BCUT2D eigenvalue weighted by molar-refractivity contribution is -0.135. The average Bonchev–Trinajstić information content (AvgIpc) is 2.68. The first-order valence-electron chi connectivity index (χ1n) is 10.2. The van der Waals surface area contributed by atoms with Crippen molar-refractivity contribution in [2.75, 3.05) is 20.1 Å². The van der Waals surface area contributed by atoms with E-state index >= 15 is 0 Å². The van der Waals surface area contributed by atoms with Gasteiger partial charge in [-0.3, -0.25) is 9.59 Å². The van der Waals surface area contributed by atoms with Crippen LogP contribution in [0.4, 0.5) is 0 Å². The second-order valence-electron chi connectivity index (χ2n) is 8.02. The lowest BCUT2D eigenvalue weighted by Crippen LogP contribution is -2.44. The second-order valence-corrected chi connectivity index (χ2v) is 8.02. The van der Waals surface area contributed by atoms with Gasteiger partial charge in [0.05, 0.1) is 0 Å². The summed E-state index contributed by atoms with van der Waals surface area (Å²) in [5.74, 6) is 1.93. The van der Waals surface area contributed by atoms with Crippen molar-refractivity contribution in [3.8, 4) is 0 Å². The highest BCUT2D eigenvalue weighted by Gasteiger charge is 2.32. The summed E-state index contributed by atoms with van der Waals surface area (Å²) in [6.07, 6.45) is 8.12. The van der Waals surface area contributed by atoms with Gasteiger partial charge in [-0.1, -0.05) is 49.6 Å². The molecule has 2 unspecified atom stereocenters. The smallest absolute Gasteiger partial charge is 0.222 e. The fraction of sp³-hybridized carbons (Fsp3) is 0.636. The van der Waals surface area contributed by atoms with Crippen LogP contribution in [-0.2, 0) is 16.1 Å². The van der Waals surface area contributed by atoms with E-state index in [2.05, 4.69) is 4.90 Å². The number of rotatable bonds is 6. The Morgan fingerprint density at radius 2 is 1.77 bits per heavy atom. The number of carbonyl (C=O) groups is 2. The largest absolute Gasteiger partial charge is 0.342 e. The highest BCUT2D eigenvalue weighted by Crippen LogP contribution is 2.36. The third-order valence-electron chi connectivity index (χ3n) is 6.11. The Bertz CT molecular complexity index is 601. The molecule has 1 aromatic carbocycles. The molecule has 0 spiro atoms. The molecule has 1 aromatic rings. The van der Waals surface area contributed by atoms with Crippen molar-refractivity contribution >= 4 is 11.8 Å². The molecule has 2 atom stereocenters. The number of hydrogen-bond acceptors (Lipinski definition) is 2. The van der Waals surface area contributed by atoms with Gasteiger partial charge in [0.25, 0.3) is 0 Å². The van der Waals surface area contributed by atoms with E-state index in [1.807, 2.05) is 37.4 Å². The Morgan fingerprint density at radius 3 is 2.54 bits per heavy atom. The molecule has 0 aromatic heterocycles. The van der Waals surface area contributed by atoms with E-state index in [-0.39, 0.29) is 11.8 Å². The van der Waals surface area contributed by atoms with Gasteiger partial charge >= 0.3 is 0 Å². The molecule has 1 saturated carbocycles. The van der Waals surface area contributed by atoms with E-state index in [1.165, 1.54) is 32.1 Å². The molecular formula is C22H32N2O2. The highest BCUT2D eigenvalue weighted by molar-refractivity contribution is 5.79. The number of fused-ring (bicyclic) bond motifs is 1. The number of nitrogens with zero attached hydrogens (tertiary/aromatic N) is 2. The molecule has 26 heavy (non-hydrogen) atoms. The summed E-state index contributed by atoms with van der Waals surface area (Å²) >= 11 is 0. The molecule has 4 heteroatoms. The maximum atomic E-state index is 12.5. The van der Waals surface area contributed by atoms with E-state index in [1.54, 1.807) is 4.90 Å². The monoisotopic (exact) mass is 356 g/mol. The first kappa shape index (κ1) is 18.9. The Morgan fingerprint density at radius 1 is 1.04 bits per heavy atom. The van der Waals surface area contributed by atoms with E-state index < -0.39 is 0 Å². The second kappa shape index (κ2) is 9.20. The molecule has 2 aliphatic rings. The molecule has 1 aliphatic heterocycles. The third kappa shape index (κ3) is 5.09. The topological polar surface area (TPSA) is 40.6 Å². The Hall–Kier alpha value is -1.84. The quantitative estimate of drug-likeness (QED) is 0.777. The van der Waals surface area contributed by atoms with Crippen molar-refractivity contribution in [2.24, 2.45) is 11.8 Å². The number of hydrogen-bond donors (Lipinski definition) is 0. The van der Waals surface area contributed by atoms with Crippen molar-refractivity contribution in [1.29, 1.82) is 0 Å². The number of amides is 2. The summed E-state index contributed by atoms with van der Waals surface area (Å²) in [4.78, 5) is 28.6. The molecule has 1 saturated heterocycles. The fourth-order valence-electron chi connectivity index (χ4n) is 4.51. The summed E-state index contributed by atoms with van der Waals surface area (Å²) in [5, 5.41) is 0. The number of benzene rings is 1. The van der Waals surface area contributed by atoms with Gasteiger partial charge in [0.1, 0.15) is 0 Å². The van der Waals surface area contributed by atoms with E-state index in [4.69, 9.17) is 0 Å². The predicted molar refractivity (Wildman–Crippen MR) is 103 cm³/mol. The molecular weight excluding hydrogens is 324 g/mol. The van der Waals surface area contributed by atoms with Gasteiger partial charge < -0.3 is 9.80 Å². The summed E-state index contributed by atoms with van der Waals surface area (Å²) in [7, 11) is 1.84. The molecule has 0 radical (unpaired) electrons. The lowest BCUT2D eigenvalue weighted by atomic mass is 9.75. The van der Waals surface area contributed by atoms with E-state index in [0.717, 1.165) is 30.5 Å². The van der Waals surface area contributed by atoms with Crippen LogP contribution in [0.2, 0.25) is 0 Å². The molecule has 1 heterocycles. The summed E-state index contributed by atoms with van der Waals surface area (Å²) in [6, 6.07) is 10.0. The minimum atomic E-state index is 0.118. The van der Waals surface area contributed by atoms with Crippen LogP contribution in [-0.4, -0.2) is 41.8 Å². The van der Waals surface area contributed by atoms with Crippen molar-refractivity contribution in [2.45, 2.75) is 57.9 Å². The number of likely N-dealkylation sites (tertiary alicyclic amines) is 1. The zero-order valence-electron chi connectivity index (χ0n) is 16.0. The molecule has 1 aliphatic carbocycles. The molecule has 2 amide bonds. The molecule has 3 rings (SSSR count). The van der Waals surface area contributed by atoms with Crippen molar-refractivity contribution in [3.63, 3.8) is 0 Å². The van der Waals surface area contributed by atoms with Crippen molar-refractivity contribution < 1.29 is 9.59 Å². The summed E-state index contributed by atoms with van der Waals surface area (Å²) in [6.45, 7) is 2.50. The van der Waals surface area contributed by atoms with Crippen LogP contribution in [0.25, 0.3) is 0 Å². The van der Waals surface area contributed by atoms with Gasteiger partial charge in [-0.05, 0) is 36.7 Å². The molecule has 0 N–H and O–H groups in total. The minimum Gasteiger partial charge on any atom is -0.342 e. The van der Waals surface area contributed by atoms with Crippen LogP contribution in [0, 0.1) is 11.8 Å². The summed E-state index contributed by atoms with van der Waals surface area (Å²) in [5.41, 5.74) is 1.13. The third-order valence-corrected chi connectivity index (χ3v) is 6.11. The van der Waals surface area contributed by atoms with Crippen LogP contribution in [0.15, 0.2) is 30.3 Å². The number of carbonyl (C=O) groups excluding carboxylic acids is 2. The first-order chi connectivity index (χ1) is 12.6. The Balaban J connectivity index is 1.37.